The van der Waals surface area contributed by atoms with Gasteiger partial charge in [-0.25, -0.2) is 0 Å². The molecule has 0 saturated heterocycles. The second kappa shape index (κ2) is 11.8. The molecule has 0 heterocycles. The van der Waals surface area contributed by atoms with E-state index < -0.39 is 17.6 Å². The minimum Gasteiger partial charge on any atom is -0.377 e. The van der Waals surface area contributed by atoms with Crippen LogP contribution in [-0.4, -0.2) is 60.3 Å². The van der Waals surface area contributed by atoms with Gasteiger partial charge in [0.15, 0.2) is 0 Å². The summed E-state index contributed by atoms with van der Waals surface area (Å²) in [6.07, 6.45) is 1.98. The van der Waals surface area contributed by atoms with Gasteiger partial charge in [0.1, 0.15) is 0 Å². The van der Waals surface area contributed by atoms with Crippen LogP contribution in [-0.2, 0) is 26.6 Å². The van der Waals surface area contributed by atoms with E-state index in [1.807, 2.05) is 6.92 Å². The fraction of sp³-hybridized carbons (Fsp3) is 1.00. The zero-order valence-corrected chi connectivity index (χ0v) is 16.4. The molecule has 0 rings (SSSR count). The minimum atomic E-state index is -2.86. The van der Waals surface area contributed by atoms with Crippen molar-refractivity contribution in [2.24, 2.45) is 0 Å². The number of hydrogen-bond acceptors (Lipinski definition) is 6. The van der Waals surface area contributed by atoms with Crippen LogP contribution in [0.5, 0.6) is 0 Å². The average Bonchev–Trinajstić information content (AvgIpc) is 2.50. The SMILES string of the molecule is CCC.CCC([Si](OC)(OC)OC)[Si](OC)(OC)OC. The van der Waals surface area contributed by atoms with Crippen molar-refractivity contribution in [1.29, 1.82) is 0 Å². The van der Waals surface area contributed by atoms with Crippen molar-refractivity contribution in [3.63, 3.8) is 0 Å². The molecule has 0 aliphatic heterocycles. The van der Waals surface area contributed by atoms with Crippen LogP contribution in [0.1, 0.15) is 33.6 Å². The molecule has 0 aromatic rings. The van der Waals surface area contributed by atoms with Crippen LogP contribution in [0.2, 0.25) is 5.16 Å². The van der Waals surface area contributed by atoms with Crippen LogP contribution < -0.4 is 0 Å². The highest BCUT2D eigenvalue weighted by molar-refractivity contribution is 6.82. The van der Waals surface area contributed by atoms with E-state index in [4.69, 9.17) is 26.6 Å². The topological polar surface area (TPSA) is 55.4 Å². The zero-order chi connectivity index (χ0) is 16.2. The molecule has 0 unspecified atom stereocenters. The molecule has 0 amide bonds. The van der Waals surface area contributed by atoms with Crippen molar-refractivity contribution >= 4 is 17.6 Å². The van der Waals surface area contributed by atoms with E-state index in [0.29, 0.717) is 0 Å². The summed E-state index contributed by atoms with van der Waals surface area (Å²) >= 11 is 0. The van der Waals surface area contributed by atoms with Crippen LogP contribution in [0.4, 0.5) is 0 Å². The predicted molar refractivity (Wildman–Crippen MR) is 83.6 cm³/mol. The first-order chi connectivity index (χ1) is 9.47. The Labute approximate surface area is 126 Å². The van der Waals surface area contributed by atoms with E-state index in [9.17, 15) is 0 Å². The molecule has 0 atom stereocenters. The average molecular weight is 329 g/mol. The maximum atomic E-state index is 5.49. The van der Waals surface area contributed by atoms with Gasteiger partial charge in [0.05, 0.1) is 5.16 Å². The fourth-order valence-corrected chi connectivity index (χ4v) is 9.63. The van der Waals surface area contributed by atoms with Crippen molar-refractivity contribution in [2.75, 3.05) is 42.7 Å². The van der Waals surface area contributed by atoms with Gasteiger partial charge < -0.3 is 26.6 Å². The second-order valence-electron chi connectivity index (χ2n) is 4.10. The molecule has 0 aliphatic carbocycles. The van der Waals surface area contributed by atoms with Gasteiger partial charge in [0.25, 0.3) is 0 Å². The summed E-state index contributed by atoms with van der Waals surface area (Å²) in [5.74, 6) is 0. The van der Waals surface area contributed by atoms with E-state index in [-0.39, 0.29) is 5.16 Å². The molecule has 0 fully saturated rings. The highest BCUT2D eigenvalue weighted by Gasteiger charge is 2.63. The quantitative estimate of drug-likeness (QED) is 0.606. The third-order valence-corrected chi connectivity index (χ3v) is 11.0. The lowest BCUT2D eigenvalue weighted by Gasteiger charge is -2.39. The molecular weight excluding hydrogens is 296 g/mol. The summed E-state index contributed by atoms with van der Waals surface area (Å²) < 4.78 is 32.9. The molecule has 124 valence electrons. The summed E-state index contributed by atoms with van der Waals surface area (Å²) in [4.78, 5) is 0. The second-order valence-corrected chi connectivity index (χ2v) is 10.9. The van der Waals surface area contributed by atoms with E-state index in [1.54, 1.807) is 42.7 Å². The minimum absolute atomic E-state index is 0.157. The summed E-state index contributed by atoms with van der Waals surface area (Å²) in [7, 11) is 3.71. The van der Waals surface area contributed by atoms with Gasteiger partial charge >= 0.3 is 17.6 Å². The molecular formula is C12H32O6Si2. The monoisotopic (exact) mass is 328 g/mol. The van der Waals surface area contributed by atoms with Gasteiger partial charge in [0.2, 0.25) is 0 Å². The van der Waals surface area contributed by atoms with Crippen LogP contribution in [0.3, 0.4) is 0 Å². The molecule has 6 nitrogen and oxygen atoms in total. The maximum Gasteiger partial charge on any atom is 0.507 e. The van der Waals surface area contributed by atoms with Gasteiger partial charge in [-0.05, 0) is 6.42 Å². The Hall–Kier alpha value is 0.194. The molecule has 0 aromatic carbocycles. The fourth-order valence-electron chi connectivity index (χ4n) is 2.07. The first-order valence-electron chi connectivity index (χ1n) is 6.78. The van der Waals surface area contributed by atoms with Gasteiger partial charge in [-0.2, -0.15) is 0 Å². The Bertz CT molecular complexity index is 185. The van der Waals surface area contributed by atoms with Crippen molar-refractivity contribution in [2.45, 2.75) is 38.8 Å². The summed E-state index contributed by atoms with van der Waals surface area (Å²) in [5, 5.41) is -0.157. The number of hydrogen-bond donors (Lipinski definition) is 0. The third kappa shape index (κ3) is 5.19. The Morgan fingerprint density at radius 2 is 0.800 bits per heavy atom. The van der Waals surface area contributed by atoms with Crippen LogP contribution in [0.25, 0.3) is 0 Å². The van der Waals surface area contributed by atoms with E-state index in [1.165, 1.54) is 6.42 Å². The summed E-state index contributed by atoms with van der Waals surface area (Å²) in [6.45, 7) is 6.25. The standard InChI is InChI=1S/C9H24O6Si2.C3H8/c1-8-9(16(10-2,11-3)12-4)17(13-5,14-6)15-7;1-3-2/h9H,8H2,1-7H3;3H2,1-2H3. The van der Waals surface area contributed by atoms with Crippen LogP contribution >= 0.6 is 0 Å². The highest BCUT2D eigenvalue weighted by Crippen LogP contribution is 2.37. The normalized spacial score (nSPS) is 12.3. The van der Waals surface area contributed by atoms with Crippen molar-refractivity contribution in [1.82, 2.24) is 0 Å². The molecule has 0 bridgehead atoms. The van der Waals surface area contributed by atoms with Crippen LogP contribution in [0.15, 0.2) is 0 Å². The smallest absolute Gasteiger partial charge is 0.377 e. The first kappa shape index (κ1) is 22.5. The molecule has 0 spiro atoms. The Balaban J connectivity index is 0. The van der Waals surface area contributed by atoms with Crippen molar-refractivity contribution < 1.29 is 26.6 Å². The summed E-state index contributed by atoms with van der Waals surface area (Å²) in [6, 6.07) is 0. The largest absolute Gasteiger partial charge is 0.507 e. The molecule has 20 heavy (non-hydrogen) atoms. The Morgan fingerprint density at radius 1 is 0.600 bits per heavy atom. The lowest BCUT2D eigenvalue weighted by atomic mass is 10.6. The Kier molecular flexibility index (Phi) is 13.3. The van der Waals surface area contributed by atoms with Crippen LogP contribution in [0, 0.1) is 0 Å². The third-order valence-electron chi connectivity index (χ3n) is 2.97. The highest BCUT2D eigenvalue weighted by atomic mass is 28.5. The van der Waals surface area contributed by atoms with Gasteiger partial charge in [-0.15, -0.1) is 0 Å². The maximum absolute atomic E-state index is 5.49. The predicted octanol–water partition coefficient (Wildman–Crippen LogP) is 2.48. The van der Waals surface area contributed by atoms with Crippen molar-refractivity contribution in [3.8, 4) is 0 Å². The first-order valence-corrected chi connectivity index (χ1v) is 10.4. The Morgan fingerprint density at radius 3 is 0.900 bits per heavy atom. The number of rotatable bonds is 9. The molecule has 0 aliphatic rings. The van der Waals surface area contributed by atoms with E-state index >= 15 is 0 Å². The molecule has 8 heteroatoms. The molecule has 0 N–H and O–H groups in total. The van der Waals surface area contributed by atoms with Gasteiger partial charge in [-0.3, -0.25) is 0 Å². The van der Waals surface area contributed by atoms with Crippen molar-refractivity contribution in [3.05, 3.63) is 0 Å². The zero-order valence-electron chi connectivity index (χ0n) is 14.4. The lowest BCUT2D eigenvalue weighted by Crippen LogP contribution is -2.61. The molecule has 0 aromatic heterocycles. The van der Waals surface area contributed by atoms with E-state index in [2.05, 4.69) is 13.8 Å². The molecule has 0 saturated carbocycles. The molecule has 0 radical (unpaired) electrons. The van der Waals surface area contributed by atoms with Gasteiger partial charge in [0, 0.05) is 42.7 Å². The lowest BCUT2D eigenvalue weighted by molar-refractivity contribution is 0.0792. The van der Waals surface area contributed by atoms with E-state index in [0.717, 1.165) is 6.42 Å². The van der Waals surface area contributed by atoms with Gasteiger partial charge in [-0.1, -0.05) is 27.2 Å². The summed E-state index contributed by atoms with van der Waals surface area (Å²) in [5.41, 5.74) is 0.